The highest BCUT2D eigenvalue weighted by molar-refractivity contribution is 5.55. The predicted molar refractivity (Wildman–Crippen MR) is 80.3 cm³/mol. The van der Waals surface area contributed by atoms with Crippen molar-refractivity contribution in [3.63, 3.8) is 0 Å². The Labute approximate surface area is 122 Å². The molecule has 0 saturated carbocycles. The van der Waals surface area contributed by atoms with Crippen LogP contribution in [0.5, 0.6) is 0 Å². The van der Waals surface area contributed by atoms with E-state index in [1.54, 1.807) is 30.7 Å². The summed E-state index contributed by atoms with van der Waals surface area (Å²) >= 11 is 0. The molecule has 0 aliphatic heterocycles. The largest absolute Gasteiger partial charge is 0.366 e. The summed E-state index contributed by atoms with van der Waals surface area (Å²) in [6, 6.07) is 13.8. The van der Waals surface area contributed by atoms with Gasteiger partial charge in [0.15, 0.2) is 0 Å². The van der Waals surface area contributed by atoms with Gasteiger partial charge in [-0.15, -0.1) is 0 Å². The molecule has 0 amide bonds. The van der Waals surface area contributed by atoms with Crippen LogP contribution < -0.4 is 5.32 Å². The quantitative estimate of drug-likeness (QED) is 0.767. The monoisotopic (exact) mass is 275 g/mol. The molecule has 102 valence electrons. The summed E-state index contributed by atoms with van der Waals surface area (Å²) in [6.07, 6.45) is 5.10. The summed E-state index contributed by atoms with van der Waals surface area (Å²) in [5.41, 5.74) is 2.76. The van der Waals surface area contributed by atoms with Gasteiger partial charge in [0.1, 0.15) is 17.7 Å². The lowest BCUT2D eigenvalue weighted by atomic mass is 10.1. The molecule has 5 nitrogen and oxygen atoms in total. The molecule has 0 radical (unpaired) electrons. The third kappa shape index (κ3) is 3.07. The normalized spacial score (nSPS) is 10.0. The molecule has 0 saturated heterocycles. The molecule has 0 fully saturated rings. The van der Waals surface area contributed by atoms with Gasteiger partial charge in [0.2, 0.25) is 0 Å². The van der Waals surface area contributed by atoms with Crippen molar-refractivity contribution in [2.45, 2.75) is 6.54 Å². The number of hydrogen-bond donors (Lipinski definition) is 2. The molecule has 3 aromatic rings. The Balaban J connectivity index is 1.64. The zero-order valence-corrected chi connectivity index (χ0v) is 11.2. The number of aromatic nitrogens is 3. The summed E-state index contributed by atoms with van der Waals surface area (Å²) in [4.78, 5) is 11.5. The smallest absolute Gasteiger partial charge is 0.137 e. The maximum absolute atomic E-state index is 8.72. The van der Waals surface area contributed by atoms with E-state index in [-0.39, 0.29) is 0 Å². The fourth-order valence-corrected chi connectivity index (χ4v) is 1.96. The van der Waals surface area contributed by atoms with E-state index in [9.17, 15) is 0 Å². The van der Waals surface area contributed by atoms with Gasteiger partial charge >= 0.3 is 0 Å². The topological polar surface area (TPSA) is 77.4 Å². The van der Waals surface area contributed by atoms with E-state index in [1.807, 2.05) is 18.2 Å². The minimum atomic E-state index is 0.559. The molecule has 2 aromatic heterocycles. The van der Waals surface area contributed by atoms with E-state index >= 15 is 0 Å². The van der Waals surface area contributed by atoms with Crippen molar-refractivity contribution in [2.75, 3.05) is 5.32 Å². The Bertz CT molecular complexity index is 737. The average molecular weight is 275 g/mol. The molecule has 2 heterocycles. The van der Waals surface area contributed by atoms with Gasteiger partial charge in [0, 0.05) is 30.7 Å². The first-order valence-corrected chi connectivity index (χ1v) is 6.54. The fourth-order valence-electron chi connectivity index (χ4n) is 1.96. The molecule has 0 bridgehead atoms. The molecule has 1 aromatic carbocycles. The third-order valence-electron chi connectivity index (χ3n) is 3.09. The van der Waals surface area contributed by atoms with Crippen LogP contribution in [-0.4, -0.2) is 15.0 Å². The van der Waals surface area contributed by atoms with Crippen LogP contribution in [-0.2, 0) is 6.54 Å². The van der Waals surface area contributed by atoms with Crippen molar-refractivity contribution < 1.29 is 0 Å². The molecule has 5 heteroatoms. The van der Waals surface area contributed by atoms with E-state index in [0.29, 0.717) is 12.1 Å². The van der Waals surface area contributed by atoms with Gasteiger partial charge in [0.05, 0.1) is 5.56 Å². The number of rotatable bonds is 4. The Morgan fingerprint density at radius 1 is 1.10 bits per heavy atom. The van der Waals surface area contributed by atoms with Crippen molar-refractivity contribution in [1.82, 2.24) is 15.0 Å². The van der Waals surface area contributed by atoms with Crippen LogP contribution in [0.1, 0.15) is 11.1 Å². The molecule has 0 aliphatic rings. The summed E-state index contributed by atoms with van der Waals surface area (Å²) in [6.45, 7) is 0.678. The highest BCUT2D eigenvalue weighted by Gasteiger charge is 2.00. The van der Waals surface area contributed by atoms with Crippen LogP contribution >= 0.6 is 0 Å². The van der Waals surface area contributed by atoms with Crippen LogP contribution in [0.2, 0.25) is 0 Å². The van der Waals surface area contributed by atoms with Gasteiger partial charge in [-0.1, -0.05) is 24.3 Å². The van der Waals surface area contributed by atoms with E-state index in [0.717, 1.165) is 22.8 Å². The Hall–Kier alpha value is -3.13. The Morgan fingerprint density at radius 3 is 2.57 bits per heavy atom. The standard InChI is InChI=1S/C16H13N5/c17-9-13-3-6-15(21-11-13)20-10-12-1-4-14(5-2-12)16-18-7-8-19-16/h1-8,11H,10H2,(H,18,19)(H,20,21). The zero-order chi connectivity index (χ0) is 14.5. The maximum Gasteiger partial charge on any atom is 0.137 e. The fraction of sp³-hybridized carbons (Fsp3) is 0.0625. The lowest BCUT2D eigenvalue weighted by Crippen LogP contribution is -2.01. The zero-order valence-electron chi connectivity index (χ0n) is 11.2. The molecule has 0 unspecified atom stereocenters. The molecular weight excluding hydrogens is 262 g/mol. The van der Waals surface area contributed by atoms with Crippen LogP contribution in [0.4, 0.5) is 5.82 Å². The maximum atomic E-state index is 8.72. The minimum absolute atomic E-state index is 0.559. The second kappa shape index (κ2) is 5.88. The molecule has 0 atom stereocenters. The van der Waals surface area contributed by atoms with Crippen LogP contribution in [0.3, 0.4) is 0 Å². The van der Waals surface area contributed by atoms with Crippen molar-refractivity contribution in [3.05, 3.63) is 66.1 Å². The second-order valence-corrected chi connectivity index (χ2v) is 4.53. The molecule has 2 N–H and O–H groups in total. The van der Waals surface area contributed by atoms with Crippen LogP contribution in [0.25, 0.3) is 11.4 Å². The second-order valence-electron chi connectivity index (χ2n) is 4.53. The minimum Gasteiger partial charge on any atom is -0.366 e. The number of H-pyrrole nitrogens is 1. The molecule has 0 aliphatic carbocycles. The van der Waals surface area contributed by atoms with Crippen molar-refractivity contribution >= 4 is 5.82 Å². The van der Waals surface area contributed by atoms with Crippen molar-refractivity contribution in [2.24, 2.45) is 0 Å². The number of nitriles is 1. The molecular formula is C16H13N5. The van der Waals surface area contributed by atoms with Gasteiger partial charge in [-0.05, 0) is 17.7 Å². The number of benzene rings is 1. The van der Waals surface area contributed by atoms with Crippen LogP contribution in [0, 0.1) is 11.3 Å². The molecule has 0 spiro atoms. The Morgan fingerprint density at radius 2 is 1.95 bits per heavy atom. The number of hydrogen-bond acceptors (Lipinski definition) is 4. The van der Waals surface area contributed by atoms with E-state index in [1.165, 1.54) is 0 Å². The molecule has 3 rings (SSSR count). The third-order valence-corrected chi connectivity index (χ3v) is 3.09. The van der Waals surface area contributed by atoms with E-state index in [4.69, 9.17) is 5.26 Å². The van der Waals surface area contributed by atoms with E-state index < -0.39 is 0 Å². The SMILES string of the molecule is N#Cc1ccc(NCc2ccc(-c3ncc[nH]3)cc2)nc1. The highest BCUT2D eigenvalue weighted by atomic mass is 15.0. The lowest BCUT2D eigenvalue weighted by molar-refractivity contribution is 1.11. The summed E-state index contributed by atoms with van der Waals surface area (Å²) < 4.78 is 0. The van der Waals surface area contributed by atoms with E-state index in [2.05, 4.69) is 32.4 Å². The first-order chi connectivity index (χ1) is 10.3. The highest BCUT2D eigenvalue weighted by Crippen LogP contribution is 2.15. The molecule has 21 heavy (non-hydrogen) atoms. The van der Waals surface area contributed by atoms with Gasteiger partial charge in [0.25, 0.3) is 0 Å². The van der Waals surface area contributed by atoms with Gasteiger partial charge in [-0.2, -0.15) is 5.26 Å². The number of anilines is 1. The summed E-state index contributed by atoms with van der Waals surface area (Å²) in [7, 11) is 0. The summed E-state index contributed by atoms with van der Waals surface area (Å²) in [5, 5.41) is 11.9. The van der Waals surface area contributed by atoms with Gasteiger partial charge in [-0.3, -0.25) is 0 Å². The number of nitrogens with one attached hydrogen (secondary N) is 2. The number of aromatic amines is 1. The predicted octanol–water partition coefficient (Wildman–Crippen LogP) is 2.96. The Kier molecular flexibility index (Phi) is 3.61. The van der Waals surface area contributed by atoms with Crippen LogP contribution in [0.15, 0.2) is 55.0 Å². The first-order valence-electron chi connectivity index (χ1n) is 6.54. The van der Waals surface area contributed by atoms with Gasteiger partial charge in [-0.25, -0.2) is 9.97 Å². The number of nitrogens with zero attached hydrogens (tertiary/aromatic N) is 3. The number of pyridine rings is 1. The summed E-state index contributed by atoms with van der Waals surface area (Å²) in [5.74, 6) is 1.62. The first kappa shape index (κ1) is 12.9. The number of imidazole rings is 1. The van der Waals surface area contributed by atoms with Gasteiger partial charge < -0.3 is 10.3 Å². The average Bonchev–Trinajstić information content (AvgIpc) is 3.08. The van der Waals surface area contributed by atoms with Crippen molar-refractivity contribution in [3.8, 4) is 17.5 Å². The van der Waals surface area contributed by atoms with Crippen molar-refractivity contribution in [1.29, 1.82) is 5.26 Å². The lowest BCUT2D eigenvalue weighted by Gasteiger charge is -2.06.